The van der Waals surface area contributed by atoms with Crippen LogP contribution in [0.2, 0.25) is 0 Å². The lowest BCUT2D eigenvalue weighted by Crippen LogP contribution is -2.32. The maximum absolute atomic E-state index is 11.8. The summed E-state index contributed by atoms with van der Waals surface area (Å²) < 4.78 is 21.0. The lowest BCUT2D eigenvalue weighted by Gasteiger charge is -2.09. The van der Waals surface area contributed by atoms with Crippen LogP contribution in [0.5, 0.6) is 11.5 Å². The second-order valence-electron chi connectivity index (χ2n) is 6.25. The molecule has 3 aromatic rings. The van der Waals surface area contributed by atoms with Crippen LogP contribution in [0.3, 0.4) is 0 Å². The molecule has 0 fully saturated rings. The van der Waals surface area contributed by atoms with Crippen LogP contribution in [-0.4, -0.2) is 48.4 Å². The van der Waals surface area contributed by atoms with E-state index in [-0.39, 0.29) is 32.6 Å². The number of nitrogens with one attached hydrogen (secondary N) is 1. The molecule has 0 aliphatic heterocycles. The fraction of sp³-hybridized carbons (Fsp3) is 0.333. The maximum atomic E-state index is 11.8. The third-order valence-electron chi connectivity index (χ3n) is 3.94. The highest BCUT2D eigenvalue weighted by Crippen LogP contribution is 2.21. The van der Waals surface area contributed by atoms with Crippen LogP contribution in [0.15, 0.2) is 46.3 Å². The van der Waals surface area contributed by atoms with E-state index in [0.717, 1.165) is 10.6 Å². The fourth-order valence-electron chi connectivity index (χ4n) is 2.50. The van der Waals surface area contributed by atoms with Gasteiger partial charge < -0.3 is 24.1 Å². The molecule has 0 saturated heterocycles. The van der Waals surface area contributed by atoms with Crippen LogP contribution in [-0.2, 0) is 20.7 Å². The quantitative estimate of drug-likeness (QED) is 0.334. The molecule has 0 saturated carbocycles. The van der Waals surface area contributed by atoms with Gasteiger partial charge in [-0.3, -0.25) is 9.59 Å². The van der Waals surface area contributed by atoms with Gasteiger partial charge in [0.2, 0.25) is 11.7 Å². The lowest BCUT2D eigenvalue weighted by atomic mass is 10.3. The summed E-state index contributed by atoms with van der Waals surface area (Å²) in [4.78, 5) is 28.7. The van der Waals surface area contributed by atoms with E-state index in [1.165, 1.54) is 11.3 Å². The molecule has 0 unspecified atom stereocenters. The van der Waals surface area contributed by atoms with E-state index in [9.17, 15) is 9.59 Å². The van der Waals surface area contributed by atoms with Gasteiger partial charge in [0, 0.05) is 6.42 Å². The van der Waals surface area contributed by atoms with Crippen LogP contribution >= 0.6 is 11.3 Å². The van der Waals surface area contributed by atoms with Crippen molar-refractivity contribution in [2.75, 3.05) is 26.4 Å². The minimum absolute atomic E-state index is 0.0419. The summed E-state index contributed by atoms with van der Waals surface area (Å²) in [5.74, 6) is 1.36. The van der Waals surface area contributed by atoms with Crippen molar-refractivity contribution in [3.63, 3.8) is 0 Å². The van der Waals surface area contributed by atoms with Gasteiger partial charge >= 0.3 is 5.97 Å². The zero-order valence-electron chi connectivity index (χ0n) is 17.0. The van der Waals surface area contributed by atoms with Crippen molar-refractivity contribution in [1.82, 2.24) is 15.5 Å². The summed E-state index contributed by atoms with van der Waals surface area (Å²) in [5, 5.41) is 8.42. The van der Waals surface area contributed by atoms with Crippen molar-refractivity contribution in [1.29, 1.82) is 0 Å². The number of nitrogens with zero attached hydrogens (tertiary/aromatic N) is 2. The highest BCUT2D eigenvalue weighted by atomic mass is 32.1. The zero-order valence-corrected chi connectivity index (χ0v) is 17.9. The molecule has 0 aliphatic carbocycles. The van der Waals surface area contributed by atoms with Gasteiger partial charge in [-0.1, -0.05) is 11.2 Å². The molecular weight excluding hydrogens is 422 g/mol. The highest BCUT2D eigenvalue weighted by Gasteiger charge is 2.13. The Hall–Kier alpha value is -3.40. The second-order valence-corrected chi connectivity index (χ2v) is 7.20. The average Bonchev–Trinajstić information content (AvgIpc) is 3.47. The van der Waals surface area contributed by atoms with Gasteiger partial charge in [0.05, 0.1) is 24.4 Å². The third-order valence-corrected chi connectivity index (χ3v) is 4.81. The standard InChI is InChI=1S/C21H23N3O6S/c1-2-27-15-5-7-16(8-6-15)28-12-11-22-18(25)14-29-20(26)10-9-19-23-21(24-30-19)17-4-3-13-31-17/h3-8,13H,2,9-12,14H2,1H3,(H,22,25). The molecule has 164 valence electrons. The number of hydrogen-bond donors (Lipinski definition) is 1. The molecule has 1 N–H and O–H groups in total. The molecule has 0 bridgehead atoms. The van der Waals surface area contributed by atoms with Gasteiger partial charge in [-0.05, 0) is 42.6 Å². The first kappa shape index (κ1) is 22.3. The van der Waals surface area contributed by atoms with Gasteiger partial charge in [-0.25, -0.2) is 0 Å². The largest absolute Gasteiger partial charge is 0.494 e. The van der Waals surface area contributed by atoms with Gasteiger partial charge in [0.1, 0.15) is 18.1 Å². The van der Waals surface area contributed by atoms with Gasteiger partial charge in [0.15, 0.2) is 6.61 Å². The van der Waals surface area contributed by atoms with Crippen LogP contribution in [0.4, 0.5) is 0 Å². The zero-order chi connectivity index (χ0) is 21.9. The van der Waals surface area contributed by atoms with Crippen LogP contribution in [0, 0.1) is 0 Å². The predicted molar refractivity (Wildman–Crippen MR) is 113 cm³/mol. The Balaban J connectivity index is 1.26. The molecule has 0 atom stereocenters. The van der Waals surface area contributed by atoms with Gasteiger partial charge in [-0.15, -0.1) is 11.3 Å². The number of aryl methyl sites for hydroxylation is 1. The Morgan fingerprint density at radius 2 is 1.90 bits per heavy atom. The monoisotopic (exact) mass is 445 g/mol. The first-order valence-corrected chi connectivity index (χ1v) is 10.7. The molecule has 31 heavy (non-hydrogen) atoms. The predicted octanol–water partition coefficient (Wildman–Crippen LogP) is 2.87. The minimum atomic E-state index is -0.517. The molecule has 2 heterocycles. The average molecular weight is 445 g/mol. The molecule has 0 aliphatic rings. The Bertz CT molecular complexity index is 956. The van der Waals surface area contributed by atoms with E-state index in [1.54, 1.807) is 12.1 Å². The molecule has 9 nitrogen and oxygen atoms in total. The van der Waals surface area contributed by atoms with Crippen molar-refractivity contribution in [2.45, 2.75) is 19.8 Å². The third kappa shape index (κ3) is 7.41. The van der Waals surface area contributed by atoms with Crippen molar-refractivity contribution in [2.24, 2.45) is 0 Å². The van der Waals surface area contributed by atoms with E-state index in [1.807, 2.05) is 36.6 Å². The number of carbonyl (C=O) groups excluding carboxylic acids is 2. The number of carbonyl (C=O) groups is 2. The van der Waals surface area contributed by atoms with Crippen molar-refractivity contribution in [3.05, 3.63) is 47.7 Å². The molecule has 1 amide bonds. The van der Waals surface area contributed by atoms with Gasteiger partial charge in [-0.2, -0.15) is 4.98 Å². The summed E-state index contributed by atoms with van der Waals surface area (Å²) in [6, 6.07) is 11.0. The number of thiophene rings is 1. The summed E-state index contributed by atoms with van der Waals surface area (Å²) in [7, 11) is 0. The normalized spacial score (nSPS) is 10.5. The van der Waals surface area contributed by atoms with Crippen molar-refractivity contribution in [3.8, 4) is 22.2 Å². The lowest BCUT2D eigenvalue weighted by molar-refractivity contribution is -0.148. The summed E-state index contributed by atoms with van der Waals surface area (Å²) in [5.41, 5.74) is 0. The number of aromatic nitrogens is 2. The minimum Gasteiger partial charge on any atom is -0.494 e. The molecular formula is C21H23N3O6S. The highest BCUT2D eigenvalue weighted by molar-refractivity contribution is 7.13. The molecule has 0 spiro atoms. The first-order chi connectivity index (χ1) is 15.1. The SMILES string of the molecule is CCOc1ccc(OCCNC(=O)COC(=O)CCc2nc(-c3cccs3)no2)cc1. The number of esters is 1. The Kier molecular flexibility index (Phi) is 8.41. The Morgan fingerprint density at radius 3 is 2.61 bits per heavy atom. The van der Waals surface area contributed by atoms with Crippen molar-refractivity contribution < 1.29 is 28.3 Å². The number of hydrogen-bond acceptors (Lipinski definition) is 9. The van der Waals surface area contributed by atoms with Crippen LogP contribution in [0.1, 0.15) is 19.2 Å². The first-order valence-electron chi connectivity index (χ1n) is 9.78. The van der Waals surface area contributed by atoms with E-state index in [4.69, 9.17) is 18.7 Å². The summed E-state index contributed by atoms with van der Waals surface area (Å²) in [6.07, 6.45) is 0.287. The second kappa shape index (κ2) is 11.7. The van der Waals surface area contributed by atoms with Crippen LogP contribution < -0.4 is 14.8 Å². The smallest absolute Gasteiger partial charge is 0.306 e. The van der Waals surface area contributed by atoms with E-state index in [0.29, 0.717) is 24.1 Å². The van der Waals surface area contributed by atoms with E-state index in [2.05, 4.69) is 15.5 Å². The Labute approximate surface area is 183 Å². The maximum Gasteiger partial charge on any atom is 0.306 e. The molecule has 3 rings (SSSR count). The molecule has 0 radical (unpaired) electrons. The van der Waals surface area contributed by atoms with Crippen molar-refractivity contribution >= 4 is 23.2 Å². The van der Waals surface area contributed by atoms with E-state index >= 15 is 0 Å². The molecule has 2 aromatic heterocycles. The molecule has 1 aromatic carbocycles. The Morgan fingerprint density at radius 1 is 1.13 bits per heavy atom. The number of rotatable bonds is 12. The summed E-state index contributed by atoms with van der Waals surface area (Å²) >= 11 is 1.50. The number of benzene rings is 1. The topological polar surface area (TPSA) is 113 Å². The number of ether oxygens (including phenoxy) is 3. The van der Waals surface area contributed by atoms with Crippen LogP contribution in [0.25, 0.3) is 10.7 Å². The summed E-state index contributed by atoms with van der Waals surface area (Å²) in [6.45, 7) is 2.74. The van der Waals surface area contributed by atoms with Gasteiger partial charge in [0.25, 0.3) is 5.91 Å². The fourth-order valence-corrected chi connectivity index (χ4v) is 3.15. The number of amides is 1. The molecule has 10 heteroatoms. The van der Waals surface area contributed by atoms with E-state index < -0.39 is 11.9 Å².